The molecule has 1 aliphatic heterocycles. The summed E-state index contributed by atoms with van der Waals surface area (Å²) in [5.74, 6) is 1.49. The summed E-state index contributed by atoms with van der Waals surface area (Å²) in [6.45, 7) is 20.7. The zero-order chi connectivity index (χ0) is 50.3. The number of esters is 1. The van der Waals surface area contributed by atoms with Crippen molar-refractivity contribution in [2.75, 3.05) is 45.9 Å². The van der Waals surface area contributed by atoms with Crippen molar-refractivity contribution in [1.82, 2.24) is 10.2 Å². The van der Waals surface area contributed by atoms with Crippen LogP contribution in [0, 0.1) is 5.92 Å². The number of Topliss-reactive ketones (excluding diaryl/α,β-unsaturated/α-hetero) is 2. The lowest BCUT2D eigenvalue weighted by atomic mass is 9.86. The fourth-order valence-electron chi connectivity index (χ4n) is 9.29. The molecule has 2 aliphatic carbocycles. The Labute approximate surface area is 423 Å². The van der Waals surface area contributed by atoms with E-state index in [2.05, 4.69) is 37.9 Å². The molecular formula is C59H106N5O5+. The summed E-state index contributed by atoms with van der Waals surface area (Å²) in [6, 6.07) is 19.6. The maximum atomic E-state index is 12.6. The molecule has 3 fully saturated rings. The zero-order valence-electron chi connectivity index (χ0n) is 44.6. The van der Waals surface area contributed by atoms with Gasteiger partial charge in [0.1, 0.15) is 18.4 Å². The van der Waals surface area contributed by atoms with E-state index in [4.69, 9.17) is 16.2 Å². The van der Waals surface area contributed by atoms with Gasteiger partial charge < -0.3 is 15.8 Å². The average Bonchev–Trinajstić information content (AvgIpc) is 4.01. The van der Waals surface area contributed by atoms with Crippen LogP contribution in [0.5, 0.6) is 0 Å². The predicted octanol–water partition coefficient (Wildman–Crippen LogP) is 12.8. The molecule has 2 unspecified atom stereocenters. The van der Waals surface area contributed by atoms with Crippen LogP contribution in [0.2, 0.25) is 0 Å². The molecule has 69 heavy (non-hydrogen) atoms. The molecule has 1 saturated heterocycles. The molecule has 5 N–H and O–H groups in total. The van der Waals surface area contributed by atoms with Crippen molar-refractivity contribution in [2.45, 2.75) is 228 Å². The monoisotopic (exact) mass is 965 g/mol. The highest BCUT2D eigenvalue weighted by molar-refractivity contribution is 5.95. The molecule has 3 aliphatic rings. The Morgan fingerprint density at radius 1 is 0.725 bits per heavy atom. The molecule has 2 aromatic carbocycles. The van der Waals surface area contributed by atoms with Gasteiger partial charge in [-0.15, -0.1) is 0 Å². The van der Waals surface area contributed by atoms with Gasteiger partial charge in [0.25, 0.3) is 0 Å². The van der Waals surface area contributed by atoms with Gasteiger partial charge in [-0.3, -0.25) is 34.3 Å². The van der Waals surface area contributed by atoms with Crippen molar-refractivity contribution in [2.24, 2.45) is 17.4 Å². The lowest BCUT2D eigenvalue weighted by molar-refractivity contribution is -0.814. The molecule has 0 radical (unpaired) electrons. The Balaban J connectivity index is 0.000000865. The van der Waals surface area contributed by atoms with E-state index in [0.717, 1.165) is 68.7 Å². The minimum atomic E-state index is -0.0727. The highest BCUT2D eigenvalue weighted by Gasteiger charge is 2.50. The third kappa shape index (κ3) is 31.5. The second-order valence-electron chi connectivity index (χ2n) is 19.6. The minimum Gasteiger partial charge on any atom is -0.465 e. The van der Waals surface area contributed by atoms with Crippen LogP contribution >= 0.6 is 0 Å². The van der Waals surface area contributed by atoms with Crippen LogP contribution in [0.1, 0.15) is 219 Å². The Bertz CT molecular complexity index is 1540. The topological polar surface area (TPSA) is 145 Å². The molecule has 0 aromatic heterocycles. The second-order valence-corrected chi connectivity index (χ2v) is 19.6. The smallest absolute Gasteiger partial charge is 0.323 e. The number of ketones is 2. The van der Waals surface area contributed by atoms with E-state index >= 15 is 0 Å². The molecule has 396 valence electrons. The third-order valence-corrected chi connectivity index (χ3v) is 13.5. The lowest BCUT2D eigenvalue weighted by Gasteiger charge is -2.39. The van der Waals surface area contributed by atoms with Crippen molar-refractivity contribution in [3.8, 4) is 0 Å². The van der Waals surface area contributed by atoms with Crippen molar-refractivity contribution in [3.63, 3.8) is 0 Å². The molecule has 5 rings (SSSR count). The Morgan fingerprint density at radius 2 is 1.28 bits per heavy atom. The standard InChI is InChI=1S/C18H36N2O2.C12H23NO.C10H23N2.2C9H10O.CH4/c1-3-5-15-22-18(21)17(10-4-2)20(14-9-13-19)16-11-7-6-8-12-16;1-11(14)13-10-6-5-9-12-7-3-2-4-8-12;1-3-5-7-12(8-6-4-2)9-10(12)11;1-8(10)7-9-5-3-2-4-6-9;1-2-9(10)8-6-4-3-5-7-8;/h16-17H,3-15,19H2,1-2H3;12H,2-10H2,1H3,(H,13,14);10H,3-9,11H2,1-2H3;2-6H,7H2,1H3;3-7H,2H2,1H3;1H4/q;;+1;;;. The molecule has 10 heteroatoms. The first-order chi connectivity index (χ1) is 32.9. The number of benzene rings is 2. The van der Waals surface area contributed by atoms with Crippen LogP contribution in [0.25, 0.3) is 0 Å². The maximum Gasteiger partial charge on any atom is 0.323 e. The quantitative estimate of drug-likeness (QED) is 0.0278. The van der Waals surface area contributed by atoms with Crippen LogP contribution in [-0.2, 0) is 25.5 Å². The molecule has 1 heterocycles. The number of nitrogens with two attached hydrogens (primary N) is 2. The number of ether oxygens (including phenoxy) is 1. The van der Waals surface area contributed by atoms with Gasteiger partial charge in [0.2, 0.25) is 5.91 Å². The van der Waals surface area contributed by atoms with Gasteiger partial charge >= 0.3 is 5.97 Å². The van der Waals surface area contributed by atoms with E-state index < -0.39 is 0 Å². The molecule has 0 bridgehead atoms. The van der Waals surface area contributed by atoms with Gasteiger partial charge in [-0.2, -0.15) is 0 Å². The Morgan fingerprint density at radius 3 is 1.75 bits per heavy atom. The predicted molar refractivity (Wildman–Crippen MR) is 292 cm³/mol. The van der Waals surface area contributed by atoms with Gasteiger partial charge in [0.15, 0.2) is 11.9 Å². The first kappa shape index (κ1) is 65.6. The van der Waals surface area contributed by atoms with Crippen molar-refractivity contribution in [3.05, 3.63) is 71.8 Å². The van der Waals surface area contributed by atoms with Crippen molar-refractivity contribution in [1.29, 1.82) is 0 Å². The molecule has 1 amide bonds. The van der Waals surface area contributed by atoms with Crippen molar-refractivity contribution >= 4 is 23.4 Å². The molecule has 10 nitrogen and oxygen atoms in total. The Kier molecular flexibility index (Phi) is 40.2. The number of rotatable bonds is 26. The van der Waals surface area contributed by atoms with Crippen LogP contribution in [0.3, 0.4) is 0 Å². The summed E-state index contributed by atoms with van der Waals surface area (Å²) in [5.41, 5.74) is 13.6. The molecule has 2 aromatic rings. The number of quaternary nitrogens is 1. The van der Waals surface area contributed by atoms with Crippen LogP contribution in [-0.4, -0.2) is 97.0 Å². The largest absolute Gasteiger partial charge is 0.465 e. The number of nitrogens with one attached hydrogen (secondary N) is 1. The average molecular weight is 966 g/mol. The van der Waals surface area contributed by atoms with Crippen LogP contribution in [0.4, 0.5) is 0 Å². The van der Waals surface area contributed by atoms with Gasteiger partial charge in [-0.1, -0.05) is 193 Å². The van der Waals surface area contributed by atoms with E-state index in [0.29, 0.717) is 38.2 Å². The van der Waals surface area contributed by atoms with Crippen LogP contribution in [0.15, 0.2) is 60.7 Å². The third-order valence-electron chi connectivity index (χ3n) is 13.5. The zero-order valence-corrected chi connectivity index (χ0v) is 44.6. The Hall–Kier alpha value is -3.44. The summed E-state index contributed by atoms with van der Waals surface area (Å²) in [5, 5.41) is 2.84. The van der Waals surface area contributed by atoms with Gasteiger partial charge in [-0.05, 0) is 76.3 Å². The second kappa shape index (κ2) is 42.3. The van der Waals surface area contributed by atoms with Gasteiger partial charge in [0, 0.05) is 44.5 Å². The number of hydrogen-bond donors (Lipinski definition) is 3. The summed E-state index contributed by atoms with van der Waals surface area (Å²) in [6.07, 6.45) is 29.2. The SMILES string of the molecule is C.CC(=O)Cc1ccccc1.CC(=O)NCCCCC1CCCCC1.CCC(=O)c1ccccc1.CCCCOC(=O)C(CCC)N(CCCN)C1CCCCC1.CCCC[N+]1(CCCC)CC1N. The molecule has 2 atom stereocenters. The molecule has 2 saturated carbocycles. The highest BCUT2D eigenvalue weighted by Crippen LogP contribution is 2.29. The van der Waals surface area contributed by atoms with E-state index in [-0.39, 0.29) is 36.9 Å². The first-order valence-corrected chi connectivity index (χ1v) is 27.5. The van der Waals surface area contributed by atoms with Crippen molar-refractivity contribution < 1.29 is 28.4 Å². The first-order valence-electron chi connectivity index (χ1n) is 27.5. The lowest BCUT2D eigenvalue weighted by Crippen LogP contribution is -2.49. The fraction of sp³-hybridized carbons (Fsp3) is 0.729. The minimum absolute atomic E-state index is 0. The van der Waals surface area contributed by atoms with E-state index in [1.54, 1.807) is 13.8 Å². The summed E-state index contributed by atoms with van der Waals surface area (Å²) < 4.78 is 6.76. The van der Waals surface area contributed by atoms with E-state index in [1.165, 1.54) is 127 Å². The molecular weight excluding hydrogens is 859 g/mol. The van der Waals surface area contributed by atoms with E-state index in [9.17, 15) is 19.2 Å². The number of nitrogens with zero attached hydrogens (tertiary/aromatic N) is 2. The van der Waals surface area contributed by atoms with Gasteiger partial charge in [-0.25, -0.2) is 0 Å². The normalized spacial score (nSPS) is 16.5. The fourth-order valence-corrected chi connectivity index (χ4v) is 9.29. The maximum absolute atomic E-state index is 12.6. The summed E-state index contributed by atoms with van der Waals surface area (Å²) >= 11 is 0. The summed E-state index contributed by atoms with van der Waals surface area (Å²) in [7, 11) is 0. The summed E-state index contributed by atoms with van der Waals surface area (Å²) in [4.78, 5) is 47.2. The highest BCUT2D eigenvalue weighted by atomic mass is 16.5. The van der Waals surface area contributed by atoms with E-state index in [1.807, 2.05) is 67.6 Å². The number of carbonyl (C=O) groups is 4. The number of carbonyl (C=O) groups excluding carboxylic acids is 4. The van der Waals surface area contributed by atoms with Gasteiger partial charge in [0.05, 0.1) is 19.7 Å². The number of hydrogen-bond acceptors (Lipinski definition) is 8. The van der Waals surface area contributed by atoms with Crippen LogP contribution < -0.4 is 16.8 Å². The number of amides is 1. The molecule has 0 spiro atoms. The number of unbranched alkanes of at least 4 members (excludes halogenated alkanes) is 4.